The molecule has 0 fully saturated rings. The molecule has 3 rings (SSSR count). The lowest BCUT2D eigenvalue weighted by Crippen LogP contribution is -2.19. The zero-order valence-electron chi connectivity index (χ0n) is 11.6. The molecule has 2 aromatic carbocycles. The van der Waals surface area contributed by atoms with Crippen molar-refractivity contribution in [1.29, 1.82) is 0 Å². The zero-order valence-corrected chi connectivity index (χ0v) is 13.2. The molecular formula is C16H13BrN2O2. The first-order chi connectivity index (χ1) is 10.0. The van der Waals surface area contributed by atoms with Crippen LogP contribution in [-0.2, 0) is 14.1 Å². The maximum atomic E-state index is 12.6. The first-order valence-corrected chi connectivity index (χ1v) is 7.24. The summed E-state index contributed by atoms with van der Waals surface area (Å²) in [6.07, 6.45) is 0. The van der Waals surface area contributed by atoms with Gasteiger partial charge < -0.3 is 0 Å². The SMILES string of the molecule is Cn1c(=O)n(C)c2cc(C(=O)c3ccccc3Br)ccc21. The average molecular weight is 345 g/mol. The summed E-state index contributed by atoms with van der Waals surface area (Å²) < 4.78 is 3.88. The van der Waals surface area contributed by atoms with Gasteiger partial charge in [0.05, 0.1) is 11.0 Å². The van der Waals surface area contributed by atoms with Crippen molar-refractivity contribution in [2.24, 2.45) is 14.1 Å². The molecule has 1 heterocycles. The monoisotopic (exact) mass is 344 g/mol. The minimum atomic E-state index is -0.101. The van der Waals surface area contributed by atoms with Crippen molar-refractivity contribution in [3.05, 3.63) is 68.5 Å². The highest BCUT2D eigenvalue weighted by Crippen LogP contribution is 2.22. The second kappa shape index (κ2) is 5.00. The van der Waals surface area contributed by atoms with E-state index in [1.165, 1.54) is 0 Å². The number of benzene rings is 2. The third kappa shape index (κ3) is 2.14. The number of rotatable bonds is 2. The molecule has 0 aliphatic carbocycles. The third-order valence-corrected chi connectivity index (χ3v) is 4.34. The maximum Gasteiger partial charge on any atom is 0.328 e. The Morgan fingerprint density at radius 1 is 1.00 bits per heavy atom. The summed E-state index contributed by atoms with van der Waals surface area (Å²) in [7, 11) is 3.43. The van der Waals surface area contributed by atoms with Crippen LogP contribution in [0, 0.1) is 0 Å². The Morgan fingerprint density at radius 2 is 1.67 bits per heavy atom. The second-order valence-electron chi connectivity index (χ2n) is 4.91. The number of nitrogens with zero attached hydrogens (tertiary/aromatic N) is 2. The number of imidazole rings is 1. The fraction of sp³-hybridized carbons (Fsp3) is 0.125. The van der Waals surface area contributed by atoms with E-state index >= 15 is 0 Å². The van der Waals surface area contributed by atoms with Crippen LogP contribution in [0.5, 0.6) is 0 Å². The van der Waals surface area contributed by atoms with E-state index in [2.05, 4.69) is 15.9 Å². The van der Waals surface area contributed by atoms with Gasteiger partial charge in [0.2, 0.25) is 0 Å². The van der Waals surface area contributed by atoms with Crippen molar-refractivity contribution in [2.45, 2.75) is 0 Å². The number of carbonyl (C=O) groups is 1. The summed E-state index contributed by atoms with van der Waals surface area (Å²) in [6.45, 7) is 0. The predicted molar refractivity (Wildman–Crippen MR) is 85.7 cm³/mol. The number of aryl methyl sites for hydroxylation is 2. The molecule has 0 saturated heterocycles. The molecule has 0 aliphatic rings. The van der Waals surface area contributed by atoms with Gasteiger partial charge in [-0.25, -0.2) is 4.79 Å². The average Bonchev–Trinajstić information content (AvgIpc) is 2.71. The van der Waals surface area contributed by atoms with Gasteiger partial charge in [0.1, 0.15) is 0 Å². The van der Waals surface area contributed by atoms with Gasteiger partial charge in [0.25, 0.3) is 0 Å². The molecule has 0 bridgehead atoms. The van der Waals surface area contributed by atoms with E-state index in [0.717, 1.165) is 15.5 Å². The van der Waals surface area contributed by atoms with Crippen LogP contribution in [0.4, 0.5) is 0 Å². The van der Waals surface area contributed by atoms with Crippen molar-refractivity contribution in [3.8, 4) is 0 Å². The van der Waals surface area contributed by atoms with Gasteiger partial charge in [-0.05, 0) is 30.3 Å². The maximum absolute atomic E-state index is 12.6. The zero-order chi connectivity index (χ0) is 15.1. The van der Waals surface area contributed by atoms with Gasteiger partial charge in [0.15, 0.2) is 5.78 Å². The van der Waals surface area contributed by atoms with Crippen LogP contribution in [0.2, 0.25) is 0 Å². The second-order valence-corrected chi connectivity index (χ2v) is 5.77. The van der Waals surface area contributed by atoms with Crippen LogP contribution in [0.3, 0.4) is 0 Å². The molecule has 0 atom stereocenters. The molecule has 0 aliphatic heterocycles. The van der Waals surface area contributed by atoms with E-state index in [0.29, 0.717) is 11.1 Å². The van der Waals surface area contributed by atoms with Crippen molar-refractivity contribution in [1.82, 2.24) is 9.13 Å². The lowest BCUT2D eigenvalue weighted by atomic mass is 10.0. The highest BCUT2D eigenvalue weighted by molar-refractivity contribution is 9.10. The molecule has 21 heavy (non-hydrogen) atoms. The molecule has 3 aromatic rings. The Balaban J connectivity index is 2.18. The summed E-state index contributed by atoms with van der Waals surface area (Å²) in [5.41, 5.74) is 2.63. The molecule has 4 nitrogen and oxygen atoms in total. The fourth-order valence-electron chi connectivity index (χ4n) is 2.45. The number of carbonyl (C=O) groups excluding carboxylic acids is 1. The molecule has 0 saturated carbocycles. The van der Waals surface area contributed by atoms with Crippen molar-refractivity contribution < 1.29 is 4.79 Å². The molecule has 0 unspecified atom stereocenters. The van der Waals surface area contributed by atoms with E-state index in [-0.39, 0.29) is 11.5 Å². The summed E-state index contributed by atoms with van der Waals surface area (Å²) >= 11 is 3.39. The molecule has 5 heteroatoms. The third-order valence-electron chi connectivity index (χ3n) is 3.65. The molecule has 0 amide bonds. The van der Waals surface area contributed by atoms with Crippen molar-refractivity contribution >= 4 is 32.7 Å². The topological polar surface area (TPSA) is 44.0 Å². The summed E-state index contributed by atoms with van der Waals surface area (Å²) in [5.74, 6) is -0.0688. The highest BCUT2D eigenvalue weighted by atomic mass is 79.9. The van der Waals surface area contributed by atoms with Crippen LogP contribution < -0.4 is 5.69 Å². The van der Waals surface area contributed by atoms with Crippen LogP contribution in [0.1, 0.15) is 15.9 Å². The highest BCUT2D eigenvalue weighted by Gasteiger charge is 2.15. The van der Waals surface area contributed by atoms with Gasteiger partial charge >= 0.3 is 5.69 Å². The summed E-state index contributed by atoms with van der Waals surface area (Å²) in [6, 6.07) is 12.6. The lowest BCUT2D eigenvalue weighted by molar-refractivity contribution is 0.103. The number of ketones is 1. The van der Waals surface area contributed by atoms with Gasteiger partial charge in [0, 0.05) is 29.7 Å². The quantitative estimate of drug-likeness (QED) is 0.671. The molecule has 106 valence electrons. The van der Waals surface area contributed by atoms with Gasteiger partial charge in [-0.15, -0.1) is 0 Å². The lowest BCUT2D eigenvalue weighted by Gasteiger charge is -2.04. The number of hydrogen-bond donors (Lipinski definition) is 0. The number of hydrogen-bond acceptors (Lipinski definition) is 2. The minimum Gasteiger partial charge on any atom is -0.295 e. The fourth-order valence-corrected chi connectivity index (χ4v) is 2.91. The van der Waals surface area contributed by atoms with Gasteiger partial charge in [-0.3, -0.25) is 13.9 Å². The molecule has 0 spiro atoms. The Bertz CT molecular complexity index is 922. The van der Waals surface area contributed by atoms with E-state index in [1.807, 2.05) is 18.2 Å². The van der Waals surface area contributed by atoms with Crippen LogP contribution in [0.25, 0.3) is 11.0 Å². The summed E-state index contributed by atoms with van der Waals surface area (Å²) in [5, 5.41) is 0. The van der Waals surface area contributed by atoms with Crippen molar-refractivity contribution in [3.63, 3.8) is 0 Å². The minimum absolute atomic E-state index is 0.0688. The first kappa shape index (κ1) is 13.8. The standard InChI is InChI=1S/C16H13BrN2O2/c1-18-13-8-7-10(9-14(13)19(2)16(18)21)15(20)11-5-3-4-6-12(11)17/h3-9H,1-2H3. The number of fused-ring (bicyclic) bond motifs is 1. The van der Waals surface area contributed by atoms with E-state index < -0.39 is 0 Å². The Hall–Kier alpha value is -2.14. The molecule has 0 radical (unpaired) electrons. The van der Waals surface area contributed by atoms with E-state index in [9.17, 15) is 9.59 Å². The Kier molecular flexibility index (Phi) is 3.29. The van der Waals surface area contributed by atoms with Crippen LogP contribution in [0.15, 0.2) is 51.7 Å². The normalized spacial score (nSPS) is 11.0. The smallest absolute Gasteiger partial charge is 0.295 e. The molecule has 0 N–H and O–H groups in total. The Morgan fingerprint density at radius 3 is 2.38 bits per heavy atom. The van der Waals surface area contributed by atoms with Crippen molar-refractivity contribution in [2.75, 3.05) is 0 Å². The summed E-state index contributed by atoms with van der Waals surface area (Å²) in [4.78, 5) is 24.5. The van der Waals surface area contributed by atoms with E-state index in [4.69, 9.17) is 0 Å². The Labute approximate surface area is 129 Å². The first-order valence-electron chi connectivity index (χ1n) is 6.45. The van der Waals surface area contributed by atoms with Crippen LogP contribution >= 0.6 is 15.9 Å². The largest absolute Gasteiger partial charge is 0.328 e. The van der Waals surface area contributed by atoms with Gasteiger partial charge in [-0.2, -0.15) is 0 Å². The number of halogens is 1. The van der Waals surface area contributed by atoms with Crippen LogP contribution in [-0.4, -0.2) is 14.9 Å². The van der Waals surface area contributed by atoms with Gasteiger partial charge in [-0.1, -0.05) is 28.1 Å². The number of aromatic nitrogens is 2. The molecule has 1 aromatic heterocycles. The predicted octanol–water partition coefficient (Wildman–Crippen LogP) is 2.87. The molecular weight excluding hydrogens is 332 g/mol. The van der Waals surface area contributed by atoms with E-state index in [1.54, 1.807) is 47.5 Å².